The van der Waals surface area contributed by atoms with Crippen molar-refractivity contribution < 1.29 is 14.6 Å². The molecule has 2 rings (SSSR count). The van der Waals surface area contributed by atoms with Crippen LogP contribution < -0.4 is 9.47 Å². The highest BCUT2D eigenvalue weighted by atomic mass is 32.1. The zero-order valence-corrected chi connectivity index (χ0v) is 6.47. The molecule has 0 saturated carbocycles. The first-order valence-electron chi connectivity index (χ1n) is 3.09. The predicted octanol–water partition coefficient (Wildman–Crippen LogP) is 1.41. The molecular weight excluding hydrogens is 164 g/mol. The molecule has 1 aliphatic heterocycles. The van der Waals surface area contributed by atoms with Crippen molar-refractivity contribution in [3.63, 3.8) is 0 Å². The monoisotopic (exact) mass is 170 g/mol. The van der Waals surface area contributed by atoms with Gasteiger partial charge in [-0.2, -0.15) is 0 Å². The van der Waals surface area contributed by atoms with Crippen LogP contribution in [0.1, 0.15) is 0 Å². The minimum Gasteiger partial charge on any atom is -0.504 e. The highest BCUT2D eigenvalue weighted by Gasteiger charge is 2.17. The van der Waals surface area contributed by atoms with E-state index in [2.05, 4.69) is 12.6 Å². The molecule has 11 heavy (non-hydrogen) atoms. The molecule has 0 aromatic heterocycles. The summed E-state index contributed by atoms with van der Waals surface area (Å²) < 4.78 is 10.0. The Hall–Kier alpha value is -1.03. The summed E-state index contributed by atoms with van der Waals surface area (Å²) >= 11 is 4.06. The molecule has 1 N–H and O–H groups in total. The van der Waals surface area contributed by atoms with Gasteiger partial charge in [-0.3, -0.25) is 0 Å². The average molecular weight is 170 g/mol. The van der Waals surface area contributed by atoms with Crippen molar-refractivity contribution in [3.8, 4) is 17.2 Å². The molecule has 0 saturated heterocycles. The largest absolute Gasteiger partial charge is 0.504 e. The van der Waals surface area contributed by atoms with E-state index in [-0.39, 0.29) is 12.5 Å². The van der Waals surface area contributed by atoms with E-state index in [0.29, 0.717) is 16.4 Å². The highest BCUT2D eigenvalue weighted by Crippen LogP contribution is 2.41. The zero-order chi connectivity index (χ0) is 7.84. The fourth-order valence-electron chi connectivity index (χ4n) is 0.978. The lowest BCUT2D eigenvalue weighted by molar-refractivity contribution is 0.171. The Morgan fingerprint density at radius 2 is 2.18 bits per heavy atom. The van der Waals surface area contributed by atoms with Crippen LogP contribution in [-0.4, -0.2) is 11.9 Å². The maximum Gasteiger partial charge on any atom is 0.231 e. The number of phenols is 1. The SMILES string of the molecule is Oc1cc(S)cc2c1OCO2. The van der Waals surface area contributed by atoms with Gasteiger partial charge in [0.15, 0.2) is 11.5 Å². The second kappa shape index (κ2) is 2.23. The van der Waals surface area contributed by atoms with Gasteiger partial charge < -0.3 is 14.6 Å². The van der Waals surface area contributed by atoms with Crippen LogP contribution in [0.25, 0.3) is 0 Å². The molecule has 1 aliphatic rings. The van der Waals surface area contributed by atoms with Crippen molar-refractivity contribution in [1.82, 2.24) is 0 Å². The Kier molecular flexibility index (Phi) is 1.35. The first kappa shape index (κ1) is 6.67. The van der Waals surface area contributed by atoms with Gasteiger partial charge in [-0.25, -0.2) is 0 Å². The molecule has 0 radical (unpaired) electrons. The lowest BCUT2D eigenvalue weighted by Crippen LogP contribution is -1.93. The fraction of sp³-hybridized carbons (Fsp3) is 0.143. The Labute approximate surface area is 69.0 Å². The molecule has 0 unspecified atom stereocenters. The first-order valence-corrected chi connectivity index (χ1v) is 3.53. The van der Waals surface area contributed by atoms with Crippen LogP contribution in [0.2, 0.25) is 0 Å². The van der Waals surface area contributed by atoms with E-state index in [1.165, 1.54) is 6.07 Å². The second-order valence-electron chi connectivity index (χ2n) is 2.20. The quantitative estimate of drug-likeness (QED) is 0.578. The summed E-state index contributed by atoms with van der Waals surface area (Å²) in [6, 6.07) is 3.21. The van der Waals surface area contributed by atoms with E-state index in [9.17, 15) is 5.11 Å². The van der Waals surface area contributed by atoms with Gasteiger partial charge in [0, 0.05) is 4.90 Å². The molecule has 1 heterocycles. The number of ether oxygens (including phenoxy) is 2. The third-order valence-corrected chi connectivity index (χ3v) is 1.70. The maximum atomic E-state index is 9.26. The smallest absolute Gasteiger partial charge is 0.231 e. The molecular formula is C7H6O3S. The summed E-state index contributed by atoms with van der Waals surface area (Å²) in [5.74, 6) is 1.03. The molecule has 0 atom stereocenters. The van der Waals surface area contributed by atoms with Crippen LogP contribution in [0.4, 0.5) is 0 Å². The number of fused-ring (bicyclic) bond motifs is 1. The van der Waals surface area contributed by atoms with Crippen molar-refractivity contribution in [2.75, 3.05) is 6.79 Å². The fourth-order valence-corrected chi connectivity index (χ4v) is 1.22. The Balaban J connectivity index is 2.60. The first-order chi connectivity index (χ1) is 5.27. The molecule has 0 spiro atoms. The van der Waals surface area contributed by atoms with Gasteiger partial charge in [0.25, 0.3) is 0 Å². The molecule has 0 aliphatic carbocycles. The normalized spacial score (nSPS) is 13.5. The third-order valence-electron chi connectivity index (χ3n) is 1.44. The maximum absolute atomic E-state index is 9.26. The van der Waals surface area contributed by atoms with E-state index >= 15 is 0 Å². The van der Waals surface area contributed by atoms with Gasteiger partial charge in [-0.1, -0.05) is 0 Å². The lowest BCUT2D eigenvalue weighted by Gasteiger charge is -1.99. The summed E-state index contributed by atoms with van der Waals surface area (Å²) in [5, 5.41) is 9.26. The Morgan fingerprint density at radius 1 is 1.36 bits per heavy atom. The molecule has 1 aromatic carbocycles. The summed E-state index contributed by atoms with van der Waals surface area (Å²) in [4.78, 5) is 0.659. The van der Waals surface area contributed by atoms with Crippen LogP contribution in [0.3, 0.4) is 0 Å². The van der Waals surface area contributed by atoms with Crippen LogP contribution in [-0.2, 0) is 0 Å². The number of thiol groups is 1. The van der Waals surface area contributed by atoms with Gasteiger partial charge in [0.2, 0.25) is 12.5 Å². The van der Waals surface area contributed by atoms with E-state index in [1.807, 2.05) is 0 Å². The molecule has 4 heteroatoms. The Morgan fingerprint density at radius 3 is 3.00 bits per heavy atom. The summed E-state index contributed by atoms with van der Waals surface area (Å²) in [7, 11) is 0. The number of rotatable bonds is 0. The Bertz CT molecular complexity index is 298. The molecule has 1 aromatic rings. The standard InChI is InChI=1S/C7H6O3S/c8-5-1-4(11)2-6-7(5)10-3-9-6/h1-2,8,11H,3H2. The highest BCUT2D eigenvalue weighted by molar-refractivity contribution is 7.80. The molecule has 3 nitrogen and oxygen atoms in total. The lowest BCUT2D eigenvalue weighted by atomic mass is 10.3. The van der Waals surface area contributed by atoms with Crippen molar-refractivity contribution in [2.24, 2.45) is 0 Å². The van der Waals surface area contributed by atoms with Gasteiger partial charge in [-0.15, -0.1) is 12.6 Å². The van der Waals surface area contributed by atoms with Crippen LogP contribution >= 0.6 is 12.6 Å². The number of phenolic OH excluding ortho intramolecular Hbond substituents is 1. The topological polar surface area (TPSA) is 38.7 Å². The second-order valence-corrected chi connectivity index (χ2v) is 2.72. The number of hydrogen-bond donors (Lipinski definition) is 2. The number of aromatic hydroxyl groups is 1. The van der Waals surface area contributed by atoms with Crippen molar-refractivity contribution in [1.29, 1.82) is 0 Å². The number of hydrogen-bond acceptors (Lipinski definition) is 4. The third kappa shape index (κ3) is 0.991. The van der Waals surface area contributed by atoms with Crippen molar-refractivity contribution in [3.05, 3.63) is 12.1 Å². The van der Waals surface area contributed by atoms with Crippen LogP contribution in [0, 0.1) is 0 Å². The van der Waals surface area contributed by atoms with Gasteiger partial charge >= 0.3 is 0 Å². The van der Waals surface area contributed by atoms with Gasteiger partial charge in [0.1, 0.15) is 0 Å². The summed E-state index contributed by atoms with van der Waals surface area (Å²) in [5.41, 5.74) is 0. The molecule has 0 amide bonds. The van der Waals surface area contributed by atoms with E-state index in [4.69, 9.17) is 9.47 Å². The van der Waals surface area contributed by atoms with Crippen molar-refractivity contribution >= 4 is 12.6 Å². The average Bonchev–Trinajstić information content (AvgIpc) is 2.34. The van der Waals surface area contributed by atoms with Gasteiger partial charge in [-0.05, 0) is 12.1 Å². The molecule has 58 valence electrons. The van der Waals surface area contributed by atoms with Crippen LogP contribution in [0.5, 0.6) is 17.2 Å². The minimum atomic E-state index is 0.0741. The van der Waals surface area contributed by atoms with Crippen LogP contribution in [0.15, 0.2) is 17.0 Å². The summed E-state index contributed by atoms with van der Waals surface area (Å²) in [6.07, 6.45) is 0. The molecule has 0 bridgehead atoms. The number of benzene rings is 1. The zero-order valence-electron chi connectivity index (χ0n) is 5.57. The predicted molar refractivity (Wildman–Crippen MR) is 41.5 cm³/mol. The van der Waals surface area contributed by atoms with E-state index in [1.54, 1.807) is 6.07 Å². The molecule has 0 fully saturated rings. The minimum absolute atomic E-state index is 0.0741. The van der Waals surface area contributed by atoms with E-state index in [0.717, 1.165) is 0 Å². The summed E-state index contributed by atoms with van der Waals surface area (Å²) in [6.45, 7) is 0.167. The van der Waals surface area contributed by atoms with E-state index < -0.39 is 0 Å². The van der Waals surface area contributed by atoms with Gasteiger partial charge in [0.05, 0.1) is 0 Å². The van der Waals surface area contributed by atoms with Crippen molar-refractivity contribution in [2.45, 2.75) is 4.90 Å².